The Hall–Kier alpha value is -0.510. The molecular formula is C16H20BrF3. The summed E-state index contributed by atoms with van der Waals surface area (Å²) in [5, 5.41) is 0. The van der Waals surface area contributed by atoms with Crippen molar-refractivity contribution in [2.45, 2.75) is 50.0 Å². The standard InChI is InChI=1S/C16H20BrF3/c1-11-5-4-6-12(9-11)10-15(17)13-7-2-3-8-14(13)16(18,19)20/h4-6,9,13-15H,2-3,7-8,10H2,1H3. The molecule has 4 heteroatoms. The molecular weight excluding hydrogens is 329 g/mol. The SMILES string of the molecule is Cc1cccc(CC(Br)C2CCCCC2C(F)(F)F)c1. The van der Waals surface area contributed by atoms with E-state index >= 15 is 0 Å². The van der Waals surface area contributed by atoms with Crippen molar-refractivity contribution in [1.29, 1.82) is 0 Å². The molecule has 0 aromatic heterocycles. The fraction of sp³-hybridized carbons (Fsp3) is 0.625. The predicted molar refractivity (Wildman–Crippen MR) is 79.1 cm³/mol. The van der Waals surface area contributed by atoms with Crippen LogP contribution in [0.15, 0.2) is 24.3 Å². The molecule has 2 rings (SSSR count). The molecule has 0 amide bonds. The highest BCUT2D eigenvalue weighted by Gasteiger charge is 2.47. The van der Waals surface area contributed by atoms with Gasteiger partial charge in [-0.2, -0.15) is 13.2 Å². The monoisotopic (exact) mass is 348 g/mol. The van der Waals surface area contributed by atoms with E-state index in [1.807, 2.05) is 25.1 Å². The molecule has 0 N–H and O–H groups in total. The van der Waals surface area contributed by atoms with Crippen LogP contribution in [-0.4, -0.2) is 11.0 Å². The van der Waals surface area contributed by atoms with E-state index in [1.54, 1.807) is 0 Å². The van der Waals surface area contributed by atoms with Gasteiger partial charge in [0.2, 0.25) is 0 Å². The van der Waals surface area contributed by atoms with Crippen molar-refractivity contribution >= 4 is 15.9 Å². The molecule has 1 fully saturated rings. The first-order valence-electron chi connectivity index (χ1n) is 7.14. The van der Waals surface area contributed by atoms with Crippen molar-refractivity contribution in [1.82, 2.24) is 0 Å². The van der Waals surface area contributed by atoms with Crippen LogP contribution in [0.1, 0.15) is 36.8 Å². The maximum Gasteiger partial charge on any atom is 0.392 e. The molecule has 112 valence electrons. The van der Waals surface area contributed by atoms with Crippen LogP contribution in [0.4, 0.5) is 13.2 Å². The molecule has 3 unspecified atom stereocenters. The van der Waals surface area contributed by atoms with Gasteiger partial charge in [-0.15, -0.1) is 0 Å². The van der Waals surface area contributed by atoms with Crippen molar-refractivity contribution in [3.8, 4) is 0 Å². The highest BCUT2D eigenvalue weighted by Crippen LogP contribution is 2.45. The molecule has 1 aromatic rings. The van der Waals surface area contributed by atoms with Crippen molar-refractivity contribution in [3.05, 3.63) is 35.4 Å². The molecule has 0 saturated heterocycles. The minimum atomic E-state index is -4.07. The molecule has 20 heavy (non-hydrogen) atoms. The summed E-state index contributed by atoms with van der Waals surface area (Å²) in [5.74, 6) is -1.45. The first-order valence-corrected chi connectivity index (χ1v) is 8.06. The van der Waals surface area contributed by atoms with Crippen LogP contribution >= 0.6 is 15.9 Å². The Morgan fingerprint density at radius 1 is 1.25 bits per heavy atom. The smallest absolute Gasteiger partial charge is 0.171 e. The summed E-state index contributed by atoms with van der Waals surface area (Å²) in [5.41, 5.74) is 2.26. The number of hydrogen-bond acceptors (Lipinski definition) is 0. The number of hydrogen-bond donors (Lipinski definition) is 0. The van der Waals surface area contributed by atoms with Crippen molar-refractivity contribution in [2.75, 3.05) is 0 Å². The fourth-order valence-electron chi connectivity index (χ4n) is 3.21. The van der Waals surface area contributed by atoms with E-state index in [1.165, 1.54) is 0 Å². The highest BCUT2D eigenvalue weighted by molar-refractivity contribution is 9.09. The molecule has 0 nitrogen and oxygen atoms in total. The Morgan fingerprint density at radius 3 is 2.60 bits per heavy atom. The van der Waals surface area contributed by atoms with Crippen LogP contribution in [0.2, 0.25) is 0 Å². The molecule has 0 aliphatic heterocycles. The lowest BCUT2D eigenvalue weighted by molar-refractivity contribution is -0.196. The Labute approximate surface area is 126 Å². The number of aryl methyl sites for hydroxylation is 1. The van der Waals surface area contributed by atoms with Gasteiger partial charge in [-0.25, -0.2) is 0 Å². The fourth-order valence-corrected chi connectivity index (χ4v) is 4.22. The van der Waals surface area contributed by atoms with Crippen molar-refractivity contribution in [2.24, 2.45) is 11.8 Å². The van der Waals surface area contributed by atoms with Crippen molar-refractivity contribution in [3.63, 3.8) is 0 Å². The average molecular weight is 349 g/mol. The Morgan fingerprint density at radius 2 is 1.95 bits per heavy atom. The Balaban J connectivity index is 2.08. The summed E-state index contributed by atoms with van der Waals surface area (Å²) in [6, 6.07) is 8.02. The van der Waals surface area contributed by atoms with Gasteiger partial charge in [0.1, 0.15) is 0 Å². The number of alkyl halides is 4. The number of rotatable bonds is 3. The third-order valence-corrected chi connectivity index (χ3v) is 5.22. The van der Waals surface area contributed by atoms with Crippen LogP contribution in [0.3, 0.4) is 0 Å². The number of benzene rings is 1. The average Bonchev–Trinajstić information content (AvgIpc) is 2.37. The molecule has 1 aliphatic carbocycles. The van der Waals surface area contributed by atoms with Crippen LogP contribution < -0.4 is 0 Å². The van der Waals surface area contributed by atoms with Crippen LogP contribution in [-0.2, 0) is 6.42 Å². The molecule has 0 spiro atoms. The van der Waals surface area contributed by atoms with E-state index in [9.17, 15) is 13.2 Å². The normalized spacial score (nSPS) is 25.4. The summed E-state index contributed by atoms with van der Waals surface area (Å²) >= 11 is 3.53. The Bertz CT molecular complexity index is 442. The third kappa shape index (κ3) is 4.00. The van der Waals surface area contributed by atoms with Crippen LogP contribution in [0.25, 0.3) is 0 Å². The van der Waals surface area contributed by atoms with E-state index in [4.69, 9.17) is 0 Å². The lowest BCUT2D eigenvalue weighted by atomic mass is 9.76. The molecule has 0 bridgehead atoms. The summed E-state index contributed by atoms with van der Waals surface area (Å²) < 4.78 is 39.4. The minimum Gasteiger partial charge on any atom is -0.171 e. The second-order valence-electron chi connectivity index (χ2n) is 5.81. The lowest BCUT2D eigenvalue weighted by Gasteiger charge is -2.36. The summed E-state index contributed by atoms with van der Waals surface area (Å²) in [6.45, 7) is 2.01. The van der Waals surface area contributed by atoms with Gasteiger partial charge < -0.3 is 0 Å². The lowest BCUT2D eigenvalue weighted by Crippen LogP contribution is -2.38. The van der Waals surface area contributed by atoms with E-state index in [-0.39, 0.29) is 17.2 Å². The first kappa shape index (κ1) is 15.9. The zero-order valence-electron chi connectivity index (χ0n) is 11.6. The van der Waals surface area contributed by atoms with Crippen LogP contribution in [0, 0.1) is 18.8 Å². The topological polar surface area (TPSA) is 0 Å². The van der Waals surface area contributed by atoms with Gasteiger partial charge in [-0.05, 0) is 37.7 Å². The zero-order valence-corrected chi connectivity index (χ0v) is 13.2. The summed E-state index contributed by atoms with van der Waals surface area (Å²) in [7, 11) is 0. The second-order valence-corrected chi connectivity index (χ2v) is 6.98. The van der Waals surface area contributed by atoms with E-state index in [0.29, 0.717) is 19.3 Å². The largest absolute Gasteiger partial charge is 0.392 e. The third-order valence-electron chi connectivity index (χ3n) is 4.22. The quantitative estimate of drug-likeness (QED) is 0.617. The van der Waals surface area contributed by atoms with Gasteiger partial charge in [0, 0.05) is 4.83 Å². The van der Waals surface area contributed by atoms with Gasteiger partial charge in [-0.1, -0.05) is 58.6 Å². The van der Waals surface area contributed by atoms with Gasteiger partial charge in [0.15, 0.2) is 0 Å². The predicted octanol–water partition coefficient (Wildman–Crippen LogP) is 5.67. The number of halogens is 4. The maximum atomic E-state index is 13.1. The summed E-state index contributed by atoms with van der Waals surface area (Å²) in [6.07, 6.45) is -0.837. The first-order chi connectivity index (χ1) is 9.38. The molecule has 1 aromatic carbocycles. The van der Waals surface area contributed by atoms with Gasteiger partial charge in [0.05, 0.1) is 5.92 Å². The molecule has 3 atom stereocenters. The molecule has 1 saturated carbocycles. The van der Waals surface area contributed by atoms with Crippen molar-refractivity contribution < 1.29 is 13.2 Å². The van der Waals surface area contributed by atoms with E-state index in [0.717, 1.165) is 17.5 Å². The molecule has 0 heterocycles. The minimum absolute atomic E-state index is 0.101. The highest BCUT2D eigenvalue weighted by atomic mass is 79.9. The van der Waals surface area contributed by atoms with Crippen LogP contribution in [0.5, 0.6) is 0 Å². The van der Waals surface area contributed by atoms with Gasteiger partial charge >= 0.3 is 6.18 Å². The van der Waals surface area contributed by atoms with E-state index in [2.05, 4.69) is 22.0 Å². The maximum absolute atomic E-state index is 13.1. The second kappa shape index (κ2) is 6.50. The molecule has 0 radical (unpaired) electrons. The Kier molecular flexibility index (Phi) is 5.16. The zero-order chi connectivity index (χ0) is 14.8. The van der Waals surface area contributed by atoms with Gasteiger partial charge in [0.25, 0.3) is 0 Å². The van der Waals surface area contributed by atoms with E-state index < -0.39 is 12.1 Å². The van der Waals surface area contributed by atoms with Gasteiger partial charge in [-0.3, -0.25) is 0 Å². The molecule has 1 aliphatic rings. The summed E-state index contributed by atoms with van der Waals surface area (Å²) in [4.78, 5) is -0.101.